The van der Waals surface area contributed by atoms with E-state index in [9.17, 15) is 0 Å². The fourth-order valence-electron chi connectivity index (χ4n) is 2.56. The van der Waals surface area contributed by atoms with Crippen LogP contribution in [0.15, 0.2) is 48.6 Å². The second kappa shape index (κ2) is 6.62. The van der Waals surface area contributed by atoms with Gasteiger partial charge in [-0.15, -0.1) is 0 Å². The zero-order chi connectivity index (χ0) is 14.7. The maximum atomic E-state index is 6.33. The molecule has 0 saturated carbocycles. The Bertz CT molecular complexity index is 573. The zero-order valence-corrected chi connectivity index (χ0v) is 13.4. The van der Waals surface area contributed by atoms with E-state index in [0.29, 0.717) is 10.9 Å². The molecule has 0 saturated heterocycles. The summed E-state index contributed by atoms with van der Waals surface area (Å²) < 4.78 is 0. The number of allylic oxidation sites excluding steroid dienone is 4. The van der Waals surface area contributed by atoms with Crippen molar-refractivity contribution in [2.45, 2.75) is 19.4 Å². The van der Waals surface area contributed by atoms with Crippen LogP contribution >= 0.6 is 23.2 Å². The summed E-state index contributed by atoms with van der Waals surface area (Å²) in [6, 6.07) is 3.86. The Balaban J connectivity index is 2.37. The first-order valence-corrected chi connectivity index (χ1v) is 7.40. The molecule has 0 fully saturated rings. The van der Waals surface area contributed by atoms with Gasteiger partial charge in [-0.25, -0.2) is 0 Å². The van der Waals surface area contributed by atoms with Gasteiger partial charge in [0.15, 0.2) is 0 Å². The van der Waals surface area contributed by atoms with Gasteiger partial charge in [-0.1, -0.05) is 59.7 Å². The molecule has 0 N–H and O–H groups in total. The first-order valence-electron chi connectivity index (χ1n) is 6.65. The average molecular weight is 308 g/mol. The summed E-state index contributed by atoms with van der Waals surface area (Å²) in [5, 5.41) is 1.46. The van der Waals surface area contributed by atoms with Crippen LogP contribution in [0.2, 0.25) is 10.0 Å². The van der Waals surface area contributed by atoms with E-state index >= 15 is 0 Å². The highest BCUT2D eigenvalue weighted by atomic mass is 35.5. The molecule has 2 rings (SSSR count). The van der Waals surface area contributed by atoms with Gasteiger partial charge in [0.1, 0.15) is 0 Å². The van der Waals surface area contributed by atoms with Crippen molar-refractivity contribution in [1.29, 1.82) is 0 Å². The third-order valence-electron chi connectivity index (χ3n) is 3.50. The fourth-order valence-corrected chi connectivity index (χ4v) is 3.13. The summed E-state index contributed by atoms with van der Waals surface area (Å²) in [5.74, 6) is 0.313. The normalized spacial score (nSPS) is 20.2. The van der Waals surface area contributed by atoms with Crippen molar-refractivity contribution in [2.75, 3.05) is 13.6 Å². The molecule has 0 spiro atoms. The Morgan fingerprint density at radius 2 is 2.15 bits per heavy atom. The van der Waals surface area contributed by atoms with Crippen LogP contribution in [-0.4, -0.2) is 18.5 Å². The lowest BCUT2D eigenvalue weighted by Gasteiger charge is -2.31. The van der Waals surface area contributed by atoms with Crippen LogP contribution in [0.5, 0.6) is 0 Å². The van der Waals surface area contributed by atoms with Gasteiger partial charge in [0.25, 0.3) is 0 Å². The van der Waals surface area contributed by atoms with Crippen LogP contribution in [0.1, 0.15) is 24.0 Å². The van der Waals surface area contributed by atoms with Gasteiger partial charge < -0.3 is 4.90 Å². The van der Waals surface area contributed by atoms with Crippen molar-refractivity contribution in [1.82, 2.24) is 4.90 Å². The lowest BCUT2D eigenvalue weighted by Crippen LogP contribution is -2.29. The molecule has 0 amide bonds. The van der Waals surface area contributed by atoms with E-state index in [1.165, 1.54) is 16.7 Å². The predicted molar refractivity (Wildman–Crippen MR) is 88.6 cm³/mol. The van der Waals surface area contributed by atoms with Crippen molar-refractivity contribution in [3.05, 3.63) is 69.8 Å². The molecule has 1 aromatic rings. The van der Waals surface area contributed by atoms with Crippen LogP contribution in [0.4, 0.5) is 0 Å². The molecule has 3 heteroatoms. The Hall–Kier alpha value is -1.02. The molecule has 20 heavy (non-hydrogen) atoms. The van der Waals surface area contributed by atoms with Gasteiger partial charge in [-0.2, -0.15) is 0 Å². The Morgan fingerprint density at radius 3 is 2.85 bits per heavy atom. The van der Waals surface area contributed by atoms with Crippen molar-refractivity contribution >= 4 is 23.2 Å². The van der Waals surface area contributed by atoms with E-state index in [-0.39, 0.29) is 0 Å². The van der Waals surface area contributed by atoms with Crippen LogP contribution in [0.3, 0.4) is 0 Å². The van der Waals surface area contributed by atoms with Gasteiger partial charge in [0.05, 0.1) is 0 Å². The molecular weight excluding hydrogens is 289 g/mol. The second-order valence-electron chi connectivity index (χ2n) is 5.26. The molecule has 0 radical (unpaired) electrons. The molecule has 1 heterocycles. The molecule has 0 bridgehead atoms. The maximum Gasteiger partial charge on any atom is 0.0468 e. The SMILES string of the molecule is C=CC=C(C)C=CC1CN(C)Cc2c(Cl)cc(Cl)cc21. The Morgan fingerprint density at radius 1 is 1.40 bits per heavy atom. The maximum absolute atomic E-state index is 6.33. The van der Waals surface area contributed by atoms with Gasteiger partial charge in [-0.3, -0.25) is 0 Å². The number of halogens is 2. The molecular formula is C17H19Cl2N. The van der Waals surface area contributed by atoms with E-state index < -0.39 is 0 Å². The standard InChI is InChI=1S/C17H19Cl2N/c1-4-5-12(2)6-7-13-10-20(3)11-16-15(13)8-14(18)9-17(16)19/h4-9,13H,1,10-11H2,2-3H3. The van der Waals surface area contributed by atoms with Crippen LogP contribution < -0.4 is 0 Å². The Labute approximate surface area is 131 Å². The largest absolute Gasteiger partial charge is 0.301 e. The highest BCUT2D eigenvalue weighted by Crippen LogP contribution is 2.35. The quantitative estimate of drug-likeness (QED) is 0.693. The molecule has 1 atom stereocenters. The number of hydrogen-bond donors (Lipinski definition) is 0. The molecule has 0 aromatic heterocycles. The number of nitrogens with zero attached hydrogens (tertiary/aromatic N) is 1. The smallest absolute Gasteiger partial charge is 0.0468 e. The number of likely N-dealkylation sites (N-methyl/N-ethyl adjacent to an activating group) is 1. The summed E-state index contributed by atoms with van der Waals surface area (Å²) >= 11 is 12.5. The number of benzene rings is 1. The van der Waals surface area contributed by atoms with Crippen molar-refractivity contribution in [3.63, 3.8) is 0 Å². The summed E-state index contributed by atoms with van der Waals surface area (Å²) in [5.41, 5.74) is 3.61. The van der Waals surface area contributed by atoms with Crippen LogP contribution in [-0.2, 0) is 6.54 Å². The summed E-state index contributed by atoms with van der Waals surface area (Å²) in [7, 11) is 2.11. The highest BCUT2D eigenvalue weighted by molar-refractivity contribution is 6.35. The first-order chi connectivity index (χ1) is 9.51. The van der Waals surface area contributed by atoms with E-state index in [1.807, 2.05) is 18.2 Å². The van der Waals surface area contributed by atoms with Crippen molar-refractivity contribution < 1.29 is 0 Å². The second-order valence-corrected chi connectivity index (χ2v) is 6.11. The zero-order valence-electron chi connectivity index (χ0n) is 11.9. The summed E-state index contributed by atoms with van der Waals surface area (Å²) in [4.78, 5) is 2.28. The minimum Gasteiger partial charge on any atom is -0.301 e. The van der Waals surface area contributed by atoms with E-state index in [0.717, 1.165) is 18.1 Å². The molecule has 1 aliphatic heterocycles. The van der Waals surface area contributed by atoms with E-state index in [1.54, 1.807) is 6.08 Å². The topological polar surface area (TPSA) is 3.24 Å². The number of hydrogen-bond acceptors (Lipinski definition) is 1. The molecule has 1 aliphatic rings. The van der Waals surface area contributed by atoms with E-state index in [4.69, 9.17) is 23.2 Å². The highest BCUT2D eigenvalue weighted by Gasteiger charge is 2.23. The average Bonchev–Trinajstić information content (AvgIpc) is 2.37. The third-order valence-corrected chi connectivity index (χ3v) is 4.06. The molecule has 106 valence electrons. The van der Waals surface area contributed by atoms with Crippen LogP contribution in [0, 0.1) is 0 Å². The molecule has 0 aliphatic carbocycles. The monoisotopic (exact) mass is 307 g/mol. The summed E-state index contributed by atoms with van der Waals surface area (Å²) in [6.07, 6.45) is 8.14. The van der Waals surface area contributed by atoms with Crippen molar-refractivity contribution in [2.24, 2.45) is 0 Å². The molecule has 1 nitrogen and oxygen atoms in total. The van der Waals surface area contributed by atoms with Gasteiger partial charge in [0.2, 0.25) is 0 Å². The predicted octanol–water partition coefficient (Wildman–Crippen LogP) is 5.21. The van der Waals surface area contributed by atoms with Crippen LogP contribution in [0.25, 0.3) is 0 Å². The Kier molecular flexibility index (Phi) is 5.09. The minimum absolute atomic E-state index is 0.313. The third kappa shape index (κ3) is 3.54. The first kappa shape index (κ1) is 15.4. The van der Waals surface area contributed by atoms with Gasteiger partial charge in [-0.05, 0) is 37.2 Å². The summed E-state index contributed by atoms with van der Waals surface area (Å²) in [6.45, 7) is 7.63. The number of fused-ring (bicyclic) bond motifs is 1. The lowest BCUT2D eigenvalue weighted by molar-refractivity contribution is 0.298. The fraction of sp³-hybridized carbons (Fsp3) is 0.294. The number of rotatable bonds is 3. The lowest BCUT2D eigenvalue weighted by atomic mass is 9.89. The van der Waals surface area contributed by atoms with E-state index in [2.05, 4.69) is 37.6 Å². The molecule has 1 unspecified atom stereocenters. The van der Waals surface area contributed by atoms with Gasteiger partial charge >= 0.3 is 0 Å². The van der Waals surface area contributed by atoms with Gasteiger partial charge in [0, 0.05) is 29.1 Å². The van der Waals surface area contributed by atoms with Crippen molar-refractivity contribution in [3.8, 4) is 0 Å². The molecule has 1 aromatic carbocycles. The minimum atomic E-state index is 0.313.